The Morgan fingerprint density at radius 3 is 2.11 bits per heavy atom. The summed E-state index contributed by atoms with van der Waals surface area (Å²) in [5.74, 6) is 0.535. The lowest BCUT2D eigenvalue weighted by molar-refractivity contribution is -0.140. The normalized spacial score (nSPS) is 14.2. The van der Waals surface area contributed by atoms with Gasteiger partial charge in [-0.1, -0.05) is 56.0 Å². The van der Waals surface area contributed by atoms with E-state index in [4.69, 9.17) is 14.2 Å². The molecule has 0 heterocycles. The molecule has 0 bridgehead atoms. The largest absolute Gasteiger partial charge is 0.497 e. The molecule has 3 aromatic rings. The van der Waals surface area contributed by atoms with Crippen LogP contribution < -0.4 is 23.8 Å². The molecular weight excluding hydrogens is 606 g/mol. The number of methoxy groups -OCH3 is 3. The highest BCUT2D eigenvalue weighted by Crippen LogP contribution is 2.32. The van der Waals surface area contributed by atoms with Crippen LogP contribution in [0.4, 0.5) is 5.69 Å². The highest BCUT2D eigenvalue weighted by molar-refractivity contribution is 7.92. The van der Waals surface area contributed by atoms with E-state index in [1.54, 1.807) is 43.5 Å². The third kappa shape index (κ3) is 8.31. The molecule has 0 spiro atoms. The van der Waals surface area contributed by atoms with Crippen LogP contribution in [0.3, 0.4) is 0 Å². The molecule has 4 rings (SSSR count). The van der Waals surface area contributed by atoms with Crippen LogP contribution in [-0.4, -0.2) is 65.1 Å². The maximum Gasteiger partial charge on any atom is 0.264 e. The van der Waals surface area contributed by atoms with Crippen LogP contribution in [0.1, 0.15) is 56.6 Å². The van der Waals surface area contributed by atoms with Crippen LogP contribution in [0.25, 0.3) is 0 Å². The van der Waals surface area contributed by atoms with E-state index in [-0.39, 0.29) is 29.1 Å². The summed E-state index contributed by atoms with van der Waals surface area (Å²) in [6.07, 6.45) is 5.41. The third-order valence-electron chi connectivity index (χ3n) is 8.39. The summed E-state index contributed by atoms with van der Waals surface area (Å²) < 4.78 is 45.6. The second kappa shape index (κ2) is 15.8. The molecule has 10 nitrogen and oxygen atoms in total. The second-order valence-electron chi connectivity index (χ2n) is 11.5. The number of hydrogen-bond donors (Lipinski definition) is 1. The second-order valence-corrected chi connectivity index (χ2v) is 13.4. The van der Waals surface area contributed by atoms with Crippen molar-refractivity contribution in [2.24, 2.45) is 0 Å². The zero-order valence-electron chi connectivity index (χ0n) is 27.3. The lowest BCUT2D eigenvalue weighted by atomic mass is 9.95. The van der Waals surface area contributed by atoms with Crippen molar-refractivity contribution in [2.45, 2.75) is 75.9 Å². The molecule has 1 aliphatic rings. The molecule has 1 atom stereocenters. The molecule has 248 valence electrons. The van der Waals surface area contributed by atoms with Gasteiger partial charge in [0.1, 0.15) is 18.3 Å². The van der Waals surface area contributed by atoms with Crippen molar-refractivity contribution in [2.75, 3.05) is 32.2 Å². The van der Waals surface area contributed by atoms with Gasteiger partial charge < -0.3 is 24.4 Å². The molecule has 0 aromatic heterocycles. The third-order valence-corrected chi connectivity index (χ3v) is 10.2. The Balaban J connectivity index is 1.73. The average molecular weight is 652 g/mol. The van der Waals surface area contributed by atoms with Gasteiger partial charge in [0, 0.05) is 18.7 Å². The molecule has 0 saturated heterocycles. The summed E-state index contributed by atoms with van der Waals surface area (Å²) in [5, 5.41) is 3.17. The number of nitrogens with one attached hydrogen (secondary N) is 1. The van der Waals surface area contributed by atoms with Gasteiger partial charge in [0.05, 0.1) is 31.9 Å². The Kier molecular flexibility index (Phi) is 11.9. The van der Waals surface area contributed by atoms with Crippen LogP contribution in [0, 0.1) is 6.92 Å². The molecule has 1 fully saturated rings. The van der Waals surface area contributed by atoms with Gasteiger partial charge in [-0.15, -0.1) is 0 Å². The first-order valence-corrected chi connectivity index (χ1v) is 17.1. The van der Waals surface area contributed by atoms with E-state index < -0.39 is 28.5 Å². The summed E-state index contributed by atoms with van der Waals surface area (Å²) in [6.45, 7) is 3.34. The Morgan fingerprint density at radius 2 is 1.52 bits per heavy atom. The fourth-order valence-corrected chi connectivity index (χ4v) is 7.17. The van der Waals surface area contributed by atoms with Gasteiger partial charge in [-0.3, -0.25) is 13.9 Å². The van der Waals surface area contributed by atoms with Crippen LogP contribution in [0.15, 0.2) is 71.6 Å². The number of anilines is 1. The zero-order valence-corrected chi connectivity index (χ0v) is 28.1. The van der Waals surface area contributed by atoms with Crippen LogP contribution in [0.5, 0.6) is 17.2 Å². The predicted molar refractivity (Wildman–Crippen MR) is 178 cm³/mol. The van der Waals surface area contributed by atoms with Crippen LogP contribution in [0.2, 0.25) is 0 Å². The minimum Gasteiger partial charge on any atom is -0.497 e. The molecule has 46 heavy (non-hydrogen) atoms. The minimum atomic E-state index is -4.28. The van der Waals surface area contributed by atoms with Crippen molar-refractivity contribution < 1.29 is 32.2 Å². The summed E-state index contributed by atoms with van der Waals surface area (Å²) >= 11 is 0. The smallest absolute Gasteiger partial charge is 0.264 e. The van der Waals surface area contributed by atoms with Crippen molar-refractivity contribution in [1.82, 2.24) is 10.2 Å². The van der Waals surface area contributed by atoms with E-state index in [2.05, 4.69) is 5.32 Å². The highest BCUT2D eigenvalue weighted by Gasteiger charge is 2.35. The maximum atomic E-state index is 14.4. The van der Waals surface area contributed by atoms with Crippen molar-refractivity contribution in [1.29, 1.82) is 0 Å². The molecule has 2 amide bonds. The Morgan fingerprint density at radius 1 is 0.870 bits per heavy atom. The number of hydrogen-bond acceptors (Lipinski definition) is 7. The lowest BCUT2D eigenvalue weighted by Gasteiger charge is -2.34. The van der Waals surface area contributed by atoms with Gasteiger partial charge in [0.2, 0.25) is 11.8 Å². The standard InChI is InChI=1S/C35H45N3O7S/c1-6-31(35(40)36-27-10-8-7-9-11-27)37(23-26-14-18-29(43-3)19-15-26)34(39)24-38(28-16-12-25(2)13-17-28)46(41,42)30-20-21-32(44-4)33(22-30)45-5/h12-22,27,31H,6-11,23-24H2,1-5H3,(H,36,40)/t31-/m0/s1. The lowest BCUT2D eigenvalue weighted by Crippen LogP contribution is -2.54. The predicted octanol–water partition coefficient (Wildman–Crippen LogP) is 5.47. The maximum absolute atomic E-state index is 14.4. The van der Waals surface area contributed by atoms with Crippen molar-refractivity contribution in [3.05, 3.63) is 77.9 Å². The number of rotatable bonds is 14. The Hall–Kier alpha value is -4.25. The number of ether oxygens (including phenoxy) is 3. The van der Waals surface area contributed by atoms with Crippen molar-refractivity contribution in [3.63, 3.8) is 0 Å². The molecule has 3 aromatic carbocycles. The Bertz CT molecular complexity index is 1570. The van der Waals surface area contributed by atoms with Gasteiger partial charge in [0.25, 0.3) is 10.0 Å². The Labute approximate surface area is 272 Å². The topological polar surface area (TPSA) is 114 Å². The number of carbonyl (C=O) groups excluding carboxylic acids is 2. The fourth-order valence-electron chi connectivity index (χ4n) is 5.74. The fraction of sp³-hybridized carbons (Fsp3) is 0.429. The number of carbonyl (C=O) groups is 2. The molecule has 0 unspecified atom stereocenters. The van der Waals surface area contributed by atoms with Crippen LogP contribution >= 0.6 is 0 Å². The molecule has 11 heteroatoms. The first kappa shape index (κ1) is 34.6. The summed E-state index contributed by atoms with van der Waals surface area (Å²) in [5.41, 5.74) is 2.03. The van der Waals surface area contributed by atoms with E-state index >= 15 is 0 Å². The van der Waals surface area contributed by atoms with Gasteiger partial charge in [0.15, 0.2) is 11.5 Å². The van der Waals surface area contributed by atoms with Gasteiger partial charge >= 0.3 is 0 Å². The van der Waals surface area contributed by atoms with E-state index in [0.717, 1.165) is 47.5 Å². The number of aryl methyl sites for hydroxylation is 1. The SMILES string of the molecule is CC[C@@H](C(=O)NC1CCCCC1)N(Cc1ccc(OC)cc1)C(=O)CN(c1ccc(C)cc1)S(=O)(=O)c1ccc(OC)c(OC)c1. The zero-order chi connectivity index (χ0) is 33.3. The van der Waals surface area contributed by atoms with Gasteiger partial charge in [-0.25, -0.2) is 8.42 Å². The van der Waals surface area contributed by atoms with Crippen LogP contribution in [-0.2, 0) is 26.2 Å². The van der Waals surface area contributed by atoms with Crippen molar-refractivity contribution in [3.8, 4) is 17.2 Å². The van der Waals surface area contributed by atoms with Gasteiger partial charge in [-0.05, 0) is 68.1 Å². The average Bonchev–Trinajstić information content (AvgIpc) is 3.07. The van der Waals surface area contributed by atoms with Gasteiger partial charge in [-0.2, -0.15) is 0 Å². The molecule has 0 radical (unpaired) electrons. The number of benzene rings is 3. The number of nitrogens with zero attached hydrogens (tertiary/aromatic N) is 2. The van der Waals surface area contributed by atoms with E-state index in [9.17, 15) is 18.0 Å². The molecular formula is C35H45N3O7S. The first-order chi connectivity index (χ1) is 22.1. The number of amides is 2. The van der Waals surface area contributed by atoms with E-state index in [1.165, 1.54) is 37.3 Å². The minimum absolute atomic E-state index is 0.0581. The molecule has 1 aliphatic carbocycles. The summed E-state index contributed by atoms with van der Waals surface area (Å²) in [7, 11) is 0.192. The molecule has 1 N–H and O–H groups in total. The van der Waals surface area contributed by atoms with Crippen molar-refractivity contribution >= 4 is 27.5 Å². The van der Waals surface area contributed by atoms with E-state index in [0.29, 0.717) is 23.6 Å². The number of sulfonamides is 1. The quantitative estimate of drug-likeness (QED) is 0.246. The van der Waals surface area contributed by atoms with E-state index in [1.807, 2.05) is 26.0 Å². The molecule has 1 saturated carbocycles. The highest BCUT2D eigenvalue weighted by atomic mass is 32.2. The summed E-state index contributed by atoms with van der Waals surface area (Å²) in [6, 6.07) is 17.7. The summed E-state index contributed by atoms with van der Waals surface area (Å²) in [4.78, 5) is 29.6. The molecule has 0 aliphatic heterocycles. The first-order valence-electron chi connectivity index (χ1n) is 15.7. The monoisotopic (exact) mass is 651 g/mol.